The first kappa shape index (κ1) is 15.9. The summed E-state index contributed by atoms with van der Waals surface area (Å²) in [5, 5.41) is 11.7. The molecule has 0 aliphatic carbocycles. The summed E-state index contributed by atoms with van der Waals surface area (Å²) in [4.78, 5) is 17.3. The van der Waals surface area contributed by atoms with Crippen LogP contribution in [0.25, 0.3) is 0 Å². The van der Waals surface area contributed by atoms with Gasteiger partial charge in [-0.15, -0.1) is 10.2 Å². The number of likely N-dealkylation sites (tertiary alicyclic amines) is 2. The van der Waals surface area contributed by atoms with Crippen molar-refractivity contribution in [1.29, 1.82) is 0 Å². The SMILES string of the molecule is CC(NC(=O)N1CC(N2CCCC2)CC1C)c1nnc2n1CCC2. The molecule has 0 spiro atoms. The number of carbonyl (C=O) groups is 1. The van der Waals surface area contributed by atoms with Crippen LogP contribution in [0.1, 0.15) is 57.2 Å². The van der Waals surface area contributed by atoms with E-state index in [1.807, 2.05) is 11.8 Å². The molecule has 3 atom stereocenters. The lowest BCUT2D eigenvalue weighted by Gasteiger charge is -2.25. The second-order valence-electron chi connectivity index (χ2n) is 7.53. The molecule has 2 saturated heterocycles. The maximum atomic E-state index is 12.8. The largest absolute Gasteiger partial charge is 0.328 e. The summed E-state index contributed by atoms with van der Waals surface area (Å²) in [5.41, 5.74) is 0. The van der Waals surface area contributed by atoms with E-state index in [2.05, 4.69) is 31.9 Å². The highest BCUT2D eigenvalue weighted by Crippen LogP contribution is 2.26. The first-order chi connectivity index (χ1) is 11.6. The molecule has 1 aromatic heterocycles. The van der Waals surface area contributed by atoms with Gasteiger partial charge in [-0.25, -0.2) is 4.79 Å². The van der Waals surface area contributed by atoms with Crippen molar-refractivity contribution in [3.8, 4) is 0 Å². The summed E-state index contributed by atoms with van der Waals surface area (Å²) in [7, 11) is 0. The van der Waals surface area contributed by atoms with Crippen LogP contribution < -0.4 is 5.32 Å². The van der Waals surface area contributed by atoms with Crippen molar-refractivity contribution in [3.63, 3.8) is 0 Å². The van der Waals surface area contributed by atoms with Gasteiger partial charge >= 0.3 is 6.03 Å². The van der Waals surface area contributed by atoms with Crippen LogP contribution in [0.15, 0.2) is 0 Å². The van der Waals surface area contributed by atoms with Crippen LogP contribution >= 0.6 is 0 Å². The monoisotopic (exact) mass is 332 g/mol. The average Bonchev–Trinajstić information content (AvgIpc) is 3.30. The van der Waals surface area contributed by atoms with Gasteiger partial charge in [0.05, 0.1) is 6.04 Å². The van der Waals surface area contributed by atoms with Gasteiger partial charge in [-0.2, -0.15) is 0 Å². The smallest absolute Gasteiger partial charge is 0.318 e. The minimum Gasteiger partial charge on any atom is -0.328 e. The lowest BCUT2D eigenvalue weighted by molar-refractivity contribution is 0.186. The molecule has 0 bridgehead atoms. The molecule has 1 aromatic rings. The van der Waals surface area contributed by atoms with E-state index in [1.165, 1.54) is 25.9 Å². The van der Waals surface area contributed by atoms with Gasteiger partial charge in [0.15, 0.2) is 5.82 Å². The first-order valence-corrected chi connectivity index (χ1v) is 9.36. The zero-order chi connectivity index (χ0) is 16.7. The van der Waals surface area contributed by atoms with Gasteiger partial charge in [-0.05, 0) is 52.6 Å². The Kier molecular flexibility index (Phi) is 4.20. The summed E-state index contributed by atoms with van der Waals surface area (Å²) in [6.07, 6.45) is 5.80. The number of nitrogens with zero attached hydrogens (tertiary/aromatic N) is 5. The Hall–Kier alpha value is -1.63. The van der Waals surface area contributed by atoms with Crippen LogP contribution in [0.5, 0.6) is 0 Å². The number of aryl methyl sites for hydroxylation is 1. The van der Waals surface area contributed by atoms with E-state index < -0.39 is 0 Å². The van der Waals surface area contributed by atoms with Crippen LogP contribution in [0.3, 0.4) is 0 Å². The molecule has 2 amide bonds. The number of hydrogen-bond donors (Lipinski definition) is 1. The Labute approximate surface area is 143 Å². The zero-order valence-corrected chi connectivity index (χ0v) is 14.7. The van der Waals surface area contributed by atoms with Gasteiger partial charge in [0.2, 0.25) is 0 Å². The molecule has 0 radical (unpaired) electrons. The fourth-order valence-corrected chi connectivity index (χ4v) is 4.48. The van der Waals surface area contributed by atoms with Gasteiger partial charge in [-0.3, -0.25) is 4.90 Å². The van der Waals surface area contributed by atoms with Gasteiger partial charge in [0.1, 0.15) is 5.82 Å². The Morgan fingerprint density at radius 3 is 2.79 bits per heavy atom. The van der Waals surface area contributed by atoms with Crippen molar-refractivity contribution in [2.24, 2.45) is 0 Å². The second kappa shape index (κ2) is 6.35. The number of hydrogen-bond acceptors (Lipinski definition) is 4. The van der Waals surface area contributed by atoms with E-state index in [4.69, 9.17) is 0 Å². The molecule has 2 fully saturated rings. The molecule has 0 saturated carbocycles. The second-order valence-corrected chi connectivity index (χ2v) is 7.53. The third-order valence-electron chi connectivity index (χ3n) is 5.84. The Balaban J connectivity index is 1.38. The molecule has 3 aliphatic rings. The Morgan fingerprint density at radius 1 is 1.21 bits per heavy atom. The van der Waals surface area contributed by atoms with E-state index in [0.29, 0.717) is 12.1 Å². The number of urea groups is 1. The van der Waals surface area contributed by atoms with Crippen LogP contribution in [0.4, 0.5) is 4.79 Å². The van der Waals surface area contributed by atoms with E-state index in [1.54, 1.807) is 0 Å². The van der Waals surface area contributed by atoms with Crippen molar-refractivity contribution < 1.29 is 4.79 Å². The molecule has 3 unspecified atom stereocenters. The normalized spacial score (nSPS) is 28.3. The lowest BCUT2D eigenvalue weighted by atomic mass is 10.2. The van der Waals surface area contributed by atoms with Gasteiger partial charge in [0.25, 0.3) is 0 Å². The van der Waals surface area contributed by atoms with E-state index in [9.17, 15) is 4.79 Å². The molecular weight excluding hydrogens is 304 g/mol. The number of carbonyl (C=O) groups excluding carboxylic acids is 1. The molecule has 7 nitrogen and oxygen atoms in total. The number of rotatable bonds is 3. The highest BCUT2D eigenvalue weighted by atomic mass is 16.2. The van der Waals surface area contributed by atoms with Crippen molar-refractivity contribution >= 4 is 6.03 Å². The van der Waals surface area contributed by atoms with Gasteiger partial charge < -0.3 is 14.8 Å². The highest BCUT2D eigenvalue weighted by molar-refractivity contribution is 5.75. The number of aromatic nitrogens is 3. The van der Waals surface area contributed by atoms with Crippen LogP contribution in [-0.2, 0) is 13.0 Å². The van der Waals surface area contributed by atoms with Crippen molar-refractivity contribution in [2.75, 3.05) is 19.6 Å². The predicted octanol–water partition coefficient (Wildman–Crippen LogP) is 1.55. The minimum atomic E-state index is -0.102. The molecule has 7 heteroatoms. The van der Waals surface area contributed by atoms with E-state index >= 15 is 0 Å². The maximum absolute atomic E-state index is 12.8. The summed E-state index contributed by atoms with van der Waals surface area (Å²) in [5.74, 6) is 1.94. The van der Waals surface area contributed by atoms with Crippen LogP contribution in [-0.4, -0.2) is 62.3 Å². The van der Waals surface area contributed by atoms with Crippen molar-refractivity contribution in [1.82, 2.24) is 29.9 Å². The zero-order valence-electron chi connectivity index (χ0n) is 14.7. The molecule has 0 aromatic carbocycles. The topological polar surface area (TPSA) is 66.3 Å². The fourth-order valence-electron chi connectivity index (χ4n) is 4.48. The number of amides is 2. The average molecular weight is 332 g/mol. The number of nitrogens with one attached hydrogen (secondary N) is 1. The van der Waals surface area contributed by atoms with Gasteiger partial charge in [0, 0.05) is 31.6 Å². The third-order valence-corrected chi connectivity index (χ3v) is 5.84. The van der Waals surface area contributed by atoms with E-state index in [0.717, 1.165) is 44.0 Å². The van der Waals surface area contributed by atoms with Crippen molar-refractivity contribution in [2.45, 2.75) is 70.6 Å². The summed E-state index contributed by atoms with van der Waals surface area (Å²) in [6, 6.07) is 0.759. The third kappa shape index (κ3) is 2.79. The molecule has 4 heterocycles. The molecule has 4 rings (SSSR count). The lowest BCUT2D eigenvalue weighted by Crippen LogP contribution is -2.44. The van der Waals surface area contributed by atoms with E-state index in [-0.39, 0.29) is 12.1 Å². The van der Waals surface area contributed by atoms with Gasteiger partial charge in [-0.1, -0.05) is 0 Å². The summed E-state index contributed by atoms with van der Waals surface area (Å²) >= 11 is 0. The summed E-state index contributed by atoms with van der Waals surface area (Å²) < 4.78 is 2.16. The Morgan fingerprint density at radius 2 is 2.00 bits per heavy atom. The molecule has 132 valence electrons. The molecule has 24 heavy (non-hydrogen) atoms. The van der Waals surface area contributed by atoms with Crippen molar-refractivity contribution in [3.05, 3.63) is 11.6 Å². The fraction of sp³-hybridized carbons (Fsp3) is 0.824. The van der Waals surface area contributed by atoms with Crippen LogP contribution in [0.2, 0.25) is 0 Å². The van der Waals surface area contributed by atoms with Crippen LogP contribution in [0, 0.1) is 0 Å². The highest BCUT2D eigenvalue weighted by Gasteiger charge is 2.37. The number of fused-ring (bicyclic) bond motifs is 1. The quantitative estimate of drug-likeness (QED) is 0.912. The molecular formula is C17H28N6O. The summed E-state index contributed by atoms with van der Waals surface area (Å²) in [6.45, 7) is 8.36. The first-order valence-electron chi connectivity index (χ1n) is 9.36. The predicted molar refractivity (Wildman–Crippen MR) is 90.7 cm³/mol. The molecule has 1 N–H and O–H groups in total. The minimum absolute atomic E-state index is 0.0343. The maximum Gasteiger partial charge on any atom is 0.318 e. The molecule has 3 aliphatic heterocycles. The Bertz CT molecular complexity index is 608. The standard InChI is InChI=1S/C17H28N6O/c1-12-10-14(21-7-3-4-8-21)11-23(12)17(24)18-13(2)16-20-19-15-6-5-9-22(15)16/h12-14H,3-11H2,1-2H3,(H,18,24).